The number of carbonyl (C=O) groups is 1. The third kappa shape index (κ3) is 4.44. The summed E-state index contributed by atoms with van der Waals surface area (Å²) in [6, 6.07) is 7.27. The predicted octanol–water partition coefficient (Wildman–Crippen LogP) is 2.12. The summed E-state index contributed by atoms with van der Waals surface area (Å²) in [5, 5.41) is 14.9. The van der Waals surface area contributed by atoms with Crippen molar-refractivity contribution in [3.63, 3.8) is 0 Å². The fraction of sp³-hybridized carbons (Fsp3) is 0.385. The van der Waals surface area contributed by atoms with Gasteiger partial charge in [0.2, 0.25) is 5.91 Å². The third-order valence-electron chi connectivity index (χ3n) is 2.78. The fourth-order valence-corrected chi connectivity index (χ4v) is 1.92. The highest BCUT2D eigenvalue weighted by Crippen LogP contribution is 2.15. The van der Waals surface area contributed by atoms with Crippen molar-refractivity contribution >= 4 is 23.3 Å². The van der Waals surface area contributed by atoms with E-state index in [9.17, 15) is 4.79 Å². The van der Waals surface area contributed by atoms with Crippen LogP contribution in [0.3, 0.4) is 0 Å². The Morgan fingerprint density at radius 1 is 1.53 bits per heavy atom. The zero-order valence-corrected chi connectivity index (χ0v) is 11.5. The van der Waals surface area contributed by atoms with Gasteiger partial charge in [0.15, 0.2) is 5.84 Å². The average Bonchev–Trinajstić information content (AvgIpc) is 2.42. The minimum Gasteiger partial charge on any atom is -0.409 e. The van der Waals surface area contributed by atoms with Crippen molar-refractivity contribution in [3.8, 4) is 0 Å². The molecular weight excluding hydrogens is 266 g/mol. The van der Waals surface area contributed by atoms with Gasteiger partial charge in [-0.15, -0.1) is 0 Å². The highest BCUT2D eigenvalue weighted by atomic mass is 35.5. The van der Waals surface area contributed by atoms with Gasteiger partial charge in [-0.1, -0.05) is 48.3 Å². The summed E-state index contributed by atoms with van der Waals surface area (Å²) >= 11 is 6.00. The van der Waals surface area contributed by atoms with E-state index in [1.54, 1.807) is 6.07 Å². The van der Waals surface area contributed by atoms with Crippen LogP contribution in [0.25, 0.3) is 0 Å². The second kappa shape index (κ2) is 7.63. The lowest BCUT2D eigenvalue weighted by Crippen LogP contribution is -2.38. The van der Waals surface area contributed by atoms with Crippen LogP contribution in [-0.2, 0) is 11.3 Å². The summed E-state index contributed by atoms with van der Waals surface area (Å²) < 4.78 is 0. The van der Waals surface area contributed by atoms with E-state index in [0.717, 1.165) is 12.0 Å². The molecule has 4 N–H and O–H groups in total. The second-order valence-electron chi connectivity index (χ2n) is 4.18. The van der Waals surface area contributed by atoms with E-state index < -0.39 is 5.92 Å². The van der Waals surface area contributed by atoms with E-state index in [2.05, 4.69) is 10.5 Å². The predicted molar refractivity (Wildman–Crippen MR) is 75.1 cm³/mol. The van der Waals surface area contributed by atoms with E-state index in [1.165, 1.54) is 0 Å². The Kier molecular flexibility index (Phi) is 6.15. The lowest BCUT2D eigenvalue weighted by atomic mass is 10.0. The summed E-state index contributed by atoms with van der Waals surface area (Å²) in [7, 11) is 0. The molecule has 1 atom stereocenters. The van der Waals surface area contributed by atoms with Gasteiger partial charge in [0.05, 0.1) is 5.92 Å². The molecule has 0 spiro atoms. The number of hydrogen-bond acceptors (Lipinski definition) is 3. The molecule has 0 aliphatic carbocycles. The summed E-state index contributed by atoms with van der Waals surface area (Å²) in [6.07, 6.45) is 1.30. The minimum absolute atomic E-state index is 0.0708. The number of nitrogens with one attached hydrogen (secondary N) is 1. The van der Waals surface area contributed by atoms with Crippen LogP contribution in [0, 0.1) is 5.92 Å². The van der Waals surface area contributed by atoms with Gasteiger partial charge in [0, 0.05) is 11.6 Å². The molecule has 0 aliphatic rings. The zero-order valence-electron chi connectivity index (χ0n) is 10.8. The standard InChI is InChI=1S/C13H18ClN3O2/c1-2-5-10(12(15)17-19)13(18)16-8-9-6-3-4-7-11(9)14/h3-4,6-7,10,19H,2,5,8H2,1H3,(H2,15,17)(H,16,18). The molecule has 1 aromatic rings. The average molecular weight is 284 g/mol. The van der Waals surface area contributed by atoms with E-state index >= 15 is 0 Å². The maximum absolute atomic E-state index is 12.0. The van der Waals surface area contributed by atoms with Gasteiger partial charge in [-0.25, -0.2) is 0 Å². The Labute approximate surface area is 117 Å². The first kappa shape index (κ1) is 15.3. The van der Waals surface area contributed by atoms with Gasteiger partial charge in [-0.05, 0) is 18.1 Å². The van der Waals surface area contributed by atoms with Crippen LogP contribution in [0.5, 0.6) is 0 Å². The number of amidine groups is 1. The van der Waals surface area contributed by atoms with Crippen LogP contribution in [0.15, 0.2) is 29.4 Å². The Morgan fingerprint density at radius 3 is 2.79 bits per heavy atom. The smallest absolute Gasteiger partial charge is 0.231 e. The Morgan fingerprint density at radius 2 is 2.21 bits per heavy atom. The monoisotopic (exact) mass is 283 g/mol. The molecule has 0 fully saturated rings. The fourth-order valence-electron chi connectivity index (χ4n) is 1.72. The molecule has 1 amide bonds. The first-order valence-electron chi connectivity index (χ1n) is 6.08. The SMILES string of the molecule is CCCC(C(=O)NCc1ccccc1Cl)C(N)=NO. The molecule has 0 heterocycles. The number of amides is 1. The van der Waals surface area contributed by atoms with E-state index in [4.69, 9.17) is 22.5 Å². The molecule has 19 heavy (non-hydrogen) atoms. The van der Waals surface area contributed by atoms with Crippen molar-refractivity contribution in [2.24, 2.45) is 16.8 Å². The number of rotatable bonds is 6. The molecule has 0 aliphatic heterocycles. The third-order valence-corrected chi connectivity index (χ3v) is 3.15. The lowest BCUT2D eigenvalue weighted by Gasteiger charge is -2.15. The highest BCUT2D eigenvalue weighted by molar-refractivity contribution is 6.31. The lowest BCUT2D eigenvalue weighted by molar-refractivity contribution is -0.123. The highest BCUT2D eigenvalue weighted by Gasteiger charge is 2.22. The van der Waals surface area contributed by atoms with E-state index in [0.29, 0.717) is 18.0 Å². The minimum atomic E-state index is -0.613. The van der Waals surface area contributed by atoms with Crippen LogP contribution in [0.2, 0.25) is 5.02 Å². The van der Waals surface area contributed by atoms with Gasteiger partial charge in [-0.3, -0.25) is 4.79 Å². The maximum atomic E-state index is 12.0. The topological polar surface area (TPSA) is 87.7 Å². The first-order valence-corrected chi connectivity index (χ1v) is 6.46. The maximum Gasteiger partial charge on any atom is 0.231 e. The molecule has 104 valence electrons. The molecule has 0 bridgehead atoms. The summed E-state index contributed by atoms with van der Waals surface area (Å²) in [6.45, 7) is 2.25. The van der Waals surface area contributed by atoms with Gasteiger partial charge in [0.1, 0.15) is 0 Å². The first-order chi connectivity index (χ1) is 9.10. The molecule has 1 aromatic carbocycles. The Hall–Kier alpha value is -1.75. The van der Waals surface area contributed by atoms with Gasteiger partial charge in [0.25, 0.3) is 0 Å². The Bertz CT molecular complexity index is 463. The van der Waals surface area contributed by atoms with Crippen molar-refractivity contribution in [1.82, 2.24) is 5.32 Å². The molecule has 1 unspecified atom stereocenters. The van der Waals surface area contributed by atoms with Crippen LogP contribution in [-0.4, -0.2) is 17.0 Å². The summed E-state index contributed by atoms with van der Waals surface area (Å²) in [5.74, 6) is -0.951. The summed E-state index contributed by atoms with van der Waals surface area (Å²) in [4.78, 5) is 12.0. The van der Waals surface area contributed by atoms with Crippen LogP contribution in [0.1, 0.15) is 25.3 Å². The number of benzene rings is 1. The molecule has 5 nitrogen and oxygen atoms in total. The molecular formula is C13H18ClN3O2. The van der Waals surface area contributed by atoms with Crippen LogP contribution in [0.4, 0.5) is 0 Å². The zero-order chi connectivity index (χ0) is 14.3. The summed E-state index contributed by atoms with van der Waals surface area (Å²) in [5.41, 5.74) is 6.34. The number of nitrogens with zero attached hydrogens (tertiary/aromatic N) is 1. The van der Waals surface area contributed by atoms with Gasteiger partial charge in [-0.2, -0.15) is 0 Å². The largest absolute Gasteiger partial charge is 0.409 e. The van der Waals surface area contributed by atoms with Crippen molar-refractivity contribution in [1.29, 1.82) is 0 Å². The van der Waals surface area contributed by atoms with Crippen molar-refractivity contribution in [2.45, 2.75) is 26.3 Å². The van der Waals surface area contributed by atoms with Crippen LogP contribution >= 0.6 is 11.6 Å². The van der Waals surface area contributed by atoms with Crippen LogP contribution < -0.4 is 11.1 Å². The number of carbonyl (C=O) groups excluding carboxylic acids is 1. The van der Waals surface area contributed by atoms with Crippen molar-refractivity contribution in [2.75, 3.05) is 0 Å². The normalized spacial score (nSPS) is 13.1. The number of nitrogens with two attached hydrogens (primary N) is 1. The number of halogens is 1. The second-order valence-corrected chi connectivity index (χ2v) is 4.58. The van der Waals surface area contributed by atoms with Gasteiger partial charge < -0.3 is 16.3 Å². The molecule has 0 saturated carbocycles. The molecule has 6 heteroatoms. The number of oxime groups is 1. The van der Waals surface area contributed by atoms with E-state index in [-0.39, 0.29) is 11.7 Å². The van der Waals surface area contributed by atoms with Crippen molar-refractivity contribution in [3.05, 3.63) is 34.9 Å². The quantitative estimate of drug-likeness (QED) is 0.323. The Balaban J connectivity index is 2.65. The molecule has 0 aromatic heterocycles. The van der Waals surface area contributed by atoms with E-state index in [1.807, 2.05) is 25.1 Å². The molecule has 0 saturated heterocycles. The van der Waals surface area contributed by atoms with Crippen molar-refractivity contribution < 1.29 is 10.0 Å². The van der Waals surface area contributed by atoms with Gasteiger partial charge >= 0.3 is 0 Å². The molecule has 1 rings (SSSR count). The number of hydrogen-bond donors (Lipinski definition) is 3. The molecule has 0 radical (unpaired) electrons.